The van der Waals surface area contributed by atoms with Crippen molar-refractivity contribution in [3.8, 4) is 11.5 Å². The number of ether oxygens (including phenoxy) is 1. The van der Waals surface area contributed by atoms with E-state index >= 15 is 0 Å². The average molecular weight is 423 g/mol. The standard InChI is InChI=1S/C23H18FNO6/c1-30-18-9-6-14(11-17(18)24)21(27)19-20(13-4-7-15(26)8-5-13)25(23(29)22(19)28)12-16-3-2-10-31-16/h2-11,20,26-27H,12H2,1H3/t20-/m0/s1. The summed E-state index contributed by atoms with van der Waals surface area (Å²) >= 11 is 0. The number of likely N-dealkylation sites (tertiary alicyclic amines) is 1. The van der Waals surface area contributed by atoms with Gasteiger partial charge in [0.2, 0.25) is 0 Å². The number of aliphatic hydroxyl groups excluding tert-OH is 1. The highest BCUT2D eigenvalue weighted by Crippen LogP contribution is 2.41. The van der Waals surface area contributed by atoms with E-state index in [0.29, 0.717) is 11.3 Å². The van der Waals surface area contributed by atoms with Gasteiger partial charge in [-0.05, 0) is 48.0 Å². The predicted octanol–water partition coefficient (Wildman–Crippen LogP) is 3.75. The minimum Gasteiger partial charge on any atom is -0.508 e. The van der Waals surface area contributed by atoms with Gasteiger partial charge in [0, 0.05) is 5.56 Å². The second kappa shape index (κ2) is 7.98. The number of carbonyl (C=O) groups excluding carboxylic acids is 2. The fourth-order valence-electron chi connectivity index (χ4n) is 3.59. The Morgan fingerprint density at radius 3 is 2.52 bits per heavy atom. The number of furan rings is 1. The summed E-state index contributed by atoms with van der Waals surface area (Å²) in [5.74, 6) is -2.55. The summed E-state index contributed by atoms with van der Waals surface area (Å²) in [6.45, 7) is -0.0170. The monoisotopic (exact) mass is 423 g/mol. The molecule has 158 valence electrons. The molecular weight excluding hydrogens is 405 g/mol. The van der Waals surface area contributed by atoms with Crippen molar-refractivity contribution in [2.24, 2.45) is 0 Å². The maximum absolute atomic E-state index is 14.2. The molecule has 3 aromatic rings. The van der Waals surface area contributed by atoms with Gasteiger partial charge >= 0.3 is 0 Å². The van der Waals surface area contributed by atoms with Crippen LogP contribution in [0.4, 0.5) is 4.39 Å². The number of Topliss-reactive ketones (excluding diaryl/α,β-unsaturated/α-hetero) is 1. The quantitative estimate of drug-likeness (QED) is 0.368. The van der Waals surface area contributed by atoms with E-state index in [-0.39, 0.29) is 29.2 Å². The van der Waals surface area contributed by atoms with Crippen LogP contribution in [0.3, 0.4) is 0 Å². The Morgan fingerprint density at radius 1 is 1.16 bits per heavy atom. The van der Waals surface area contributed by atoms with Gasteiger partial charge < -0.3 is 24.3 Å². The SMILES string of the molecule is COc1ccc(C(O)=C2C(=O)C(=O)N(Cc3ccco3)[C@H]2c2ccc(O)cc2)cc1F. The molecule has 1 amide bonds. The molecule has 0 saturated carbocycles. The number of hydrogen-bond donors (Lipinski definition) is 2. The first-order chi connectivity index (χ1) is 14.9. The van der Waals surface area contributed by atoms with Crippen LogP contribution in [0.15, 0.2) is 70.9 Å². The number of amides is 1. The van der Waals surface area contributed by atoms with Crippen LogP contribution in [-0.4, -0.2) is 33.9 Å². The third kappa shape index (κ3) is 3.63. The van der Waals surface area contributed by atoms with Crippen molar-refractivity contribution in [3.05, 3.63) is 89.1 Å². The summed E-state index contributed by atoms with van der Waals surface area (Å²) in [7, 11) is 1.31. The number of aromatic hydroxyl groups is 1. The van der Waals surface area contributed by atoms with E-state index in [1.165, 1.54) is 42.5 Å². The number of phenols is 1. The molecule has 0 radical (unpaired) electrons. The molecule has 4 rings (SSSR count). The highest BCUT2D eigenvalue weighted by atomic mass is 19.1. The van der Waals surface area contributed by atoms with Gasteiger partial charge in [0.1, 0.15) is 17.3 Å². The molecule has 2 N–H and O–H groups in total. The summed E-state index contributed by atoms with van der Waals surface area (Å²) in [6, 6.07) is 12.0. The van der Waals surface area contributed by atoms with Gasteiger partial charge in [0.25, 0.3) is 11.7 Å². The Hall–Kier alpha value is -4.07. The largest absolute Gasteiger partial charge is 0.508 e. The number of methoxy groups -OCH3 is 1. The van der Waals surface area contributed by atoms with Crippen LogP contribution in [-0.2, 0) is 16.1 Å². The van der Waals surface area contributed by atoms with Crippen LogP contribution in [0, 0.1) is 5.82 Å². The Labute approximate surface area is 176 Å². The summed E-state index contributed by atoms with van der Waals surface area (Å²) in [6.07, 6.45) is 1.45. The van der Waals surface area contributed by atoms with Gasteiger partial charge in [0.05, 0.1) is 31.5 Å². The van der Waals surface area contributed by atoms with Crippen molar-refractivity contribution < 1.29 is 33.3 Å². The van der Waals surface area contributed by atoms with Crippen LogP contribution in [0.2, 0.25) is 0 Å². The van der Waals surface area contributed by atoms with Crippen LogP contribution in [0.1, 0.15) is 22.9 Å². The number of phenolic OH excluding ortho intramolecular Hbond substituents is 1. The van der Waals surface area contributed by atoms with E-state index in [1.54, 1.807) is 24.3 Å². The van der Waals surface area contributed by atoms with Crippen molar-refractivity contribution >= 4 is 17.4 Å². The van der Waals surface area contributed by atoms with Crippen molar-refractivity contribution in [2.75, 3.05) is 7.11 Å². The van der Waals surface area contributed by atoms with E-state index < -0.39 is 29.3 Å². The lowest BCUT2D eigenvalue weighted by Crippen LogP contribution is -2.29. The van der Waals surface area contributed by atoms with Gasteiger partial charge in [-0.25, -0.2) is 4.39 Å². The topological polar surface area (TPSA) is 100 Å². The molecule has 0 spiro atoms. The second-order valence-corrected chi connectivity index (χ2v) is 6.95. The number of carbonyl (C=O) groups is 2. The van der Waals surface area contributed by atoms with E-state index in [1.807, 2.05) is 0 Å². The third-order valence-electron chi connectivity index (χ3n) is 5.08. The minimum absolute atomic E-state index is 0.00367. The lowest BCUT2D eigenvalue weighted by atomic mass is 9.95. The van der Waals surface area contributed by atoms with Gasteiger partial charge in [-0.3, -0.25) is 9.59 Å². The lowest BCUT2D eigenvalue weighted by Gasteiger charge is -2.24. The molecule has 1 aliphatic heterocycles. The van der Waals surface area contributed by atoms with E-state index in [4.69, 9.17) is 9.15 Å². The fraction of sp³-hybridized carbons (Fsp3) is 0.130. The zero-order valence-corrected chi connectivity index (χ0v) is 16.4. The van der Waals surface area contributed by atoms with Crippen molar-refractivity contribution in [1.29, 1.82) is 0 Å². The minimum atomic E-state index is -0.962. The molecule has 0 aliphatic carbocycles. The summed E-state index contributed by atoms with van der Waals surface area (Å²) in [5, 5.41) is 20.6. The van der Waals surface area contributed by atoms with Gasteiger partial charge in [-0.15, -0.1) is 0 Å². The first kappa shape index (κ1) is 20.2. The zero-order chi connectivity index (χ0) is 22.1. The predicted molar refractivity (Wildman–Crippen MR) is 108 cm³/mol. The maximum atomic E-state index is 14.2. The number of aliphatic hydroxyl groups is 1. The third-order valence-corrected chi connectivity index (χ3v) is 5.08. The summed E-state index contributed by atoms with van der Waals surface area (Å²) < 4.78 is 24.4. The molecule has 2 heterocycles. The van der Waals surface area contributed by atoms with Crippen molar-refractivity contribution in [1.82, 2.24) is 4.90 Å². The average Bonchev–Trinajstić information content (AvgIpc) is 3.36. The van der Waals surface area contributed by atoms with Crippen LogP contribution in [0.5, 0.6) is 11.5 Å². The van der Waals surface area contributed by atoms with Crippen molar-refractivity contribution in [2.45, 2.75) is 12.6 Å². The molecule has 1 saturated heterocycles. The molecule has 7 nitrogen and oxygen atoms in total. The smallest absolute Gasteiger partial charge is 0.296 e. The van der Waals surface area contributed by atoms with Gasteiger partial charge in [-0.1, -0.05) is 12.1 Å². The fourth-order valence-corrected chi connectivity index (χ4v) is 3.59. The number of ketones is 1. The zero-order valence-electron chi connectivity index (χ0n) is 16.4. The number of rotatable bonds is 5. The molecule has 1 aromatic heterocycles. The Balaban J connectivity index is 1.86. The molecule has 1 atom stereocenters. The Morgan fingerprint density at radius 2 is 1.90 bits per heavy atom. The molecule has 31 heavy (non-hydrogen) atoms. The Kier molecular flexibility index (Phi) is 5.21. The number of hydrogen-bond acceptors (Lipinski definition) is 6. The molecular formula is C23H18FNO6. The molecule has 1 aliphatic rings. The molecule has 0 unspecified atom stereocenters. The van der Waals surface area contributed by atoms with Crippen molar-refractivity contribution in [3.63, 3.8) is 0 Å². The van der Waals surface area contributed by atoms with Gasteiger partial charge in [-0.2, -0.15) is 0 Å². The van der Waals surface area contributed by atoms with E-state index in [9.17, 15) is 24.2 Å². The maximum Gasteiger partial charge on any atom is 0.296 e. The summed E-state index contributed by atoms with van der Waals surface area (Å²) in [5.41, 5.74) is 0.323. The molecule has 1 fully saturated rings. The van der Waals surface area contributed by atoms with Gasteiger partial charge in [0.15, 0.2) is 11.6 Å². The normalized spacial score (nSPS) is 17.9. The van der Waals surface area contributed by atoms with E-state index in [0.717, 1.165) is 6.07 Å². The molecule has 2 aromatic carbocycles. The van der Waals surface area contributed by atoms with Crippen LogP contribution in [0.25, 0.3) is 5.76 Å². The molecule has 0 bridgehead atoms. The van der Waals surface area contributed by atoms with Crippen LogP contribution >= 0.6 is 0 Å². The highest BCUT2D eigenvalue weighted by Gasteiger charge is 2.46. The summed E-state index contributed by atoms with van der Waals surface area (Å²) in [4.78, 5) is 27.0. The first-order valence-corrected chi connectivity index (χ1v) is 9.34. The van der Waals surface area contributed by atoms with E-state index in [2.05, 4.69) is 0 Å². The number of halogens is 1. The molecule has 8 heteroatoms. The lowest BCUT2D eigenvalue weighted by molar-refractivity contribution is -0.140. The first-order valence-electron chi connectivity index (χ1n) is 9.34. The number of nitrogens with zero attached hydrogens (tertiary/aromatic N) is 1. The Bertz CT molecular complexity index is 1170. The van der Waals surface area contributed by atoms with Crippen LogP contribution < -0.4 is 4.74 Å². The highest BCUT2D eigenvalue weighted by molar-refractivity contribution is 6.46. The number of benzene rings is 2. The second-order valence-electron chi connectivity index (χ2n) is 6.95.